The van der Waals surface area contributed by atoms with Crippen molar-refractivity contribution in [2.24, 2.45) is 0 Å². The largest absolute Gasteiger partial charge is 0.186 e. The van der Waals surface area contributed by atoms with Crippen LogP contribution in [0.4, 0.5) is 0 Å². The van der Waals surface area contributed by atoms with Gasteiger partial charge < -0.3 is 0 Å². The maximum Gasteiger partial charge on any atom is 0.0343 e. The minimum Gasteiger partial charge on any atom is -0.186 e. The van der Waals surface area contributed by atoms with Crippen LogP contribution in [0.5, 0.6) is 0 Å². The SMILES string of the molecule is C1=C[SH](c2cccc(-c3cccs3)c2)C=C1. The van der Waals surface area contributed by atoms with Crippen molar-refractivity contribution in [2.45, 2.75) is 4.90 Å². The highest BCUT2D eigenvalue weighted by Crippen LogP contribution is 2.43. The molecule has 1 aromatic carbocycles. The van der Waals surface area contributed by atoms with Gasteiger partial charge in [0.05, 0.1) is 0 Å². The Kier molecular flexibility index (Phi) is 2.68. The van der Waals surface area contributed by atoms with E-state index in [1.54, 1.807) is 11.3 Å². The molecule has 1 aliphatic heterocycles. The monoisotopic (exact) mass is 244 g/mol. The van der Waals surface area contributed by atoms with E-state index in [0.717, 1.165) is 0 Å². The lowest BCUT2D eigenvalue weighted by Crippen LogP contribution is -1.77. The summed E-state index contributed by atoms with van der Waals surface area (Å²) in [5, 5.41) is 6.72. The number of rotatable bonds is 2. The Balaban J connectivity index is 2.00. The molecule has 0 saturated carbocycles. The zero-order valence-electron chi connectivity index (χ0n) is 8.71. The quantitative estimate of drug-likeness (QED) is 0.720. The lowest BCUT2D eigenvalue weighted by molar-refractivity contribution is 1.47. The Morgan fingerprint density at radius 1 is 0.938 bits per heavy atom. The second-order valence-corrected chi connectivity index (χ2v) is 6.49. The van der Waals surface area contributed by atoms with E-state index in [-0.39, 0.29) is 10.9 Å². The zero-order chi connectivity index (χ0) is 10.8. The van der Waals surface area contributed by atoms with Gasteiger partial charge in [-0.25, -0.2) is 0 Å². The summed E-state index contributed by atoms with van der Waals surface area (Å²) in [6.07, 6.45) is 4.28. The predicted molar refractivity (Wildman–Crippen MR) is 75.3 cm³/mol. The fraction of sp³-hybridized carbons (Fsp3) is 0. The highest BCUT2D eigenvalue weighted by Gasteiger charge is 2.05. The summed E-state index contributed by atoms with van der Waals surface area (Å²) < 4.78 is 0. The molecule has 0 unspecified atom stereocenters. The van der Waals surface area contributed by atoms with Gasteiger partial charge in [-0.2, -0.15) is 10.9 Å². The molecule has 0 radical (unpaired) electrons. The Bertz CT molecular complexity index is 524. The van der Waals surface area contributed by atoms with E-state index in [9.17, 15) is 0 Å². The minimum atomic E-state index is -0.189. The van der Waals surface area contributed by atoms with Crippen LogP contribution in [0.3, 0.4) is 0 Å². The topological polar surface area (TPSA) is 0 Å². The number of thiophene rings is 1. The molecule has 80 valence electrons. The zero-order valence-corrected chi connectivity index (χ0v) is 10.4. The fourth-order valence-corrected chi connectivity index (χ4v) is 4.05. The molecule has 0 atom stereocenters. The number of thiol groups is 1. The first-order chi connectivity index (χ1) is 7.93. The third-order valence-electron chi connectivity index (χ3n) is 2.55. The average molecular weight is 244 g/mol. The van der Waals surface area contributed by atoms with Crippen molar-refractivity contribution in [2.75, 3.05) is 0 Å². The third-order valence-corrected chi connectivity index (χ3v) is 5.33. The second kappa shape index (κ2) is 4.32. The highest BCUT2D eigenvalue weighted by atomic mass is 32.2. The van der Waals surface area contributed by atoms with E-state index < -0.39 is 0 Å². The van der Waals surface area contributed by atoms with Crippen molar-refractivity contribution in [3.63, 3.8) is 0 Å². The predicted octanol–water partition coefficient (Wildman–Crippen LogP) is 4.82. The fourth-order valence-electron chi connectivity index (χ4n) is 1.77. The van der Waals surface area contributed by atoms with E-state index in [0.29, 0.717) is 0 Å². The number of hydrogen-bond donors (Lipinski definition) is 1. The van der Waals surface area contributed by atoms with Crippen LogP contribution in [0.1, 0.15) is 0 Å². The van der Waals surface area contributed by atoms with Crippen LogP contribution in [-0.4, -0.2) is 0 Å². The molecule has 0 fully saturated rings. The number of benzene rings is 1. The summed E-state index contributed by atoms with van der Waals surface area (Å²) in [5.41, 5.74) is 1.34. The van der Waals surface area contributed by atoms with Crippen LogP contribution in [0.15, 0.2) is 69.6 Å². The van der Waals surface area contributed by atoms with Crippen LogP contribution in [0.25, 0.3) is 10.4 Å². The van der Waals surface area contributed by atoms with Gasteiger partial charge in [-0.15, -0.1) is 11.3 Å². The molecule has 0 nitrogen and oxygen atoms in total. The van der Waals surface area contributed by atoms with Crippen LogP contribution in [0.2, 0.25) is 0 Å². The summed E-state index contributed by atoms with van der Waals surface area (Å²) in [7, 11) is -0.189. The summed E-state index contributed by atoms with van der Waals surface area (Å²) in [5.74, 6) is 0. The van der Waals surface area contributed by atoms with Gasteiger partial charge in [-0.05, 0) is 44.9 Å². The molecule has 2 heteroatoms. The molecule has 3 rings (SSSR count). The van der Waals surface area contributed by atoms with Gasteiger partial charge in [0, 0.05) is 4.88 Å². The highest BCUT2D eigenvalue weighted by molar-refractivity contribution is 8.22. The summed E-state index contributed by atoms with van der Waals surface area (Å²) in [6, 6.07) is 13.2. The van der Waals surface area contributed by atoms with Crippen LogP contribution < -0.4 is 0 Å². The van der Waals surface area contributed by atoms with E-state index in [4.69, 9.17) is 0 Å². The van der Waals surface area contributed by atoms with Crippen molar-refractivity contribution in [3.8, 4) is 10.4 Å². The van der Waals surface area contributed by atoms with Crippen molar-refractivity contribution < 1.29 is 0 Å². The molecule has 0 amide bonds. The lowest BCUT2D eigenvalue weighted by Gasteiger charge is -2.11. The van der Waals surface area contributed by atoms with E-state index in [2.05, 4.69) is 64.7 Å². The maximum absolute atomic E-state index is 2.32. The van der Waals surface area contributed by atoms with Gasteiger partial charge in [0.15, 0.2) is 0 Å². The first kappa shape index (κ1) is 9.94. The van der Waals surface area contributed by atoms with Crippen LogP contribution in [0, 0.1) is 0 Å². The molecule has 0 spiro atoms. The van der Waals surface area contributed by atoms with Crippen molar-refractivity contribution in [1.29, 1.82) is 0 Å². The van der Waals surface area contributed by atoms with Crippen LogP contribution in [-0.2, 0) is 0 Å². The van der Waals surface area contributed by atoms with Gasteiger partial charge in [0.1, 0.15) is 0 Å². The molecule has 0 saturated heterocycles. The van der Waals surface area contributed by atoms with Crippen LogP contribution >= 0.6 is 22.2 Å². The van der Waals surface area contributed by atoms with Crippen molar-refractivity contribution >= 4 is 22.2 Å². The lowest BCUT2D eigenvalue weighted by atomic mass is 10.2. The summed E-state index contributed by atoms with van der Waals surface area (Å²) >= 11 is 1.80. The Morgan fingerprint density at radius 3 is 2.56 bits per heavy atom. The van der Waals surface area contributed by atoms with E-state index in [1.165, 1.54) is 15.3 Å². The Labute approximate surface area is 102 Å². The molecule has 0 aliphatic carbocycles. The van der Waals surface area contributed by atoms with Gasteiger partial charge in [-0.3, -0.25) is 0 Å². The van der Waals surface area contributed by atoms with Gasteiger partial charge in [-0.1, -0.05) is 30.4 Å². The summed E-state index contributed by atoms with van der Waals surface area (Å²) in [6.45, 7) is 0. The molecule has 16 heavy (non-hydrogen) atoms. The second-order valence-electron chi connectivity index (χ2n) is 3.62. The molecule has 2 heterocycles. The minimum absolute atomic E-state index is 0.189. The Morgan fingerprint density at radius 2 is 1.81 bits per heavy atom. The third kappa shape index (κ3) is 1.86. The van der Waals surface area contributed by atoms with Crippen molar-refractivity contribution in [3.05, 3.63) is 64.7 Å². The number of allylic oxidation sites excluding steroid dienone is 2. The van der Waals surface area contributed by atoms with Gasteiger partial charge >= 0.3 is 0 Å². The maximum atomic E-state index is 2.32. The van der Waals surface area contributed by atoms with E-state index in [1.807, 2.05) is 0 Å². The van der Waals surface area contributed by atoms with Crippen molar-refractivity contribution in [1.82, 2.24) is 0 Å². The molecule has 1 aliphatic rings. The molecule has 0 bridgehead atoms. The molecule has 2 aromatic rings. The first-order valence-electron chi connectivity index (χ1n) is 5.21. The smallest absolute Gasteiger partial charge is 0.0343 e. The first-order valence-corrected chi connectivity index (χ1v) is 7.57. The van der Waals surface area contributed by atoms with Gasteiger partial charge in [0.2, 0.25) is 0 Å². The standard InChI is InChI=1S/C14H12S2/c1-2-10-16(9-1)13-6-3-5-12(11-13)14-7-4-8-15-14/h1-11,16H. The normalized spacial score (nSPS) is 15.9. The molecule has 1 aromatic heterocycles. The van der Waals surface area contributed by atoms with E-state index >= 15 is 0 Å². The average Bonchev–Trinajstić information content (AvgIpc) is 3.03. The number of hydrogen-bond acceptors (Lipinski definition) is 1. The Hall–Kier alpha value is -1.25. The van der Waals surface area contributed by atoms with Gasteiger partial charge in [0.25, 0.3) is 0 Å². The molecule has 0 N–H and O–H groups in total. The molecular formula is C14H12S2. The summed E-state index contributed by atoms with van der Waals surface area (Å²) in [4.78, 5) is 2.79. The molecular weight excluding hydrogens is 232 g/mol.